The molecule has 164 valence electrons. The van der Waals surface area contributed by atoms with Gasteiger partial charge in [-0.25, -0.2) is 0 Å². The average molecular weight is 462 g/mol. The minimum Gasteiger partial charge on any atom is -0.264 e. The zero-order valence-electron chi connectivity index (χ0n) is 18.4. The lowest BCUT2D eigenvalue weighted by Crippen LogP contribution is -2.51. The highest BCUT2D eigenvalue weighted by Gasteiger charge is 2.25. The van der Waals surface area contributed by atoms with E-state index in [9.17, 15) is 4.79 Å². The van der Waals surface area contributed by atoms with E-state index in [-0.39, 0.29) is 5.91 Å². The van der Waals surface area contributed by atoms with Crippen LogP contribution in [0.2, 0.25) is 5.02 Å². The Balaban J connectivity index is 1.73. The summed E-state index contributed by atoms with van der Waals surface area (Å²) in [7, 11) is 0. The molecule has 0 saturated carbocycles. The molecular weight excluding hydrogens is 440 g/mol. The molecule has 0 unspecified atom stereocenters. The van der Waals surface area contributed by atoms with Gasteiger partial charge in [-0.2, -0.15) is 0 Å². The Labute approximate surface area is 203 Å². The number of hydrogen-bond acceptors (Lipinski definition) is 1. The summed E-state index contributed by atoms with van der Waals surface area (Å²) in [6, 6.07) is 41.5. The van der Waals surface area contributed by atoms with Crippen molar-refractivity contribution in [2.24, 2.45) is 0 Å². The van der Waals surface area contributed by atoms with E-state index in [0.717, 1.165) is 33.6 Å². The van der Waals surface area contributed by atoms with Gasteiger partial charge < -0.3 is 0 Å². The molecule has 1 amide bonds. The Kier molecular flexibility index (Phi) is 6.19. The Hall–Kier alpha value is -4.21. The molecule has 0 saturated heterocycles. The van der Waals surface area contributed by atoms with E-state index in [4.69, 9.17) is 11.6 Å². The number of amides is 1. The van der Waals surface area contributed by atoms with Gasteiger partial charge in [-0.3, -0.25) is 4.79 Å². The Morgan fingerprint density at radius 1 is 0.559 bits per heavy atom. The SMILES string of the molecule is O=C(N[n+]1c(-c2ccccc2)cc(-c2ccccc2)cc1-c1ccccc1)c1ccc(Cl)cc1. The lowest BCUT2D eigenvalue weighted by atomic mass is 9.99. The molecule has 0 aliphatic carbocycles. The molecule has 5 aromatic rings. The molecule has 4 heteroatoms. The van der Waals surface area contributed by atoms with Crippen LogP contribution in [-0.4, -0.2) is 5.91 Å². The zero-order valence-corrected chi connectivity index (χ0v) is 19.1. The first kappa shape index (κ1) is 21.6. The number of halogens is 1. The fraction of sp³-hybridized carbons (Fsp3) is 0. The molecule has 0 fully saturated rings. The molecule has 1 heterocycles. The molecule has 4 aromatic carbocycles. The highest BCUT2D eigenvalue weighted by Crippen LogP contribution is 2.28. The third-order valence-electron chi connectivity index (χ3n) is 5.63. The number of aromatic nitrogens is 1. The minimum absolute atomic E-state index is 0.219. The molecule has 5 rings (SSSR count). The number of carbonyl (C=O) groups is 1. The number of pyridine rings is 1. The van der Waals surface area contributed by atoms with Gasteiger partial charge in [0, 0.05) is 33.8 Å². The predicted molar refractivity (Wildman–Crippen MR) is 138 cm³/mol. The van der Waals surface area contributed by atoms with Crippen LogP contribution in [0.3, 0.4) is 0 Å². The van der Waals surface area contributed by atoms with Gasteiger partial charge in [0.15, 0.2) is 0 Å². The van der Waals surface area contributed by atoms with Crippen molar-refractivity contribution in [3.63, 3.8) is 0 Å². The topological polar surface area (TPSA) is 33.0 Å². The quantitative estimate of drug-likeness (QED) is 0.280. The third kappa shape index (κ3) is 4.61. The molecule has 0 radical (unpaired) electrons. The van der Waals surface area contributed by atoms with Gasteiger partial charge in [-0.1, -0.05) is 83.0 Å². The van der Waals surface area contributed by atoms with E-state index in [0.29, 0.717) is 10.6 Å². The molecule has 0 atom stereocenters. The van der Waals surface area contributed by atoms with E-state index in [1.165, 1.54) is 0 Å². The lowest BCUT2D eigenvalue weighted by molar-refractivity contribution is -0.618. The van der Waals surface area contributed by atoms with Crippen molar-refractivity contribution in [2.75, 3.05) is 5.43 Å². The molecule has 0 bridgehead atoms. The number of rotatable bonds is 5. The Morgan fingerprint density at radius 2 is 1.00 bits per heavy atom. The van der Waals surface area contributed by atoms with Gasteiger partial charge >= 0.3 is 5.91 Å². The van der Waals surface area contributed by atoms with E-state index in [1.54, 1.807) is 24.3 Å². The van der Waals surface area contributed by atoms with Crippen LogP contribution >= 0.6 is 11.6 Å². The average Bonchev–Trinajstić information content (AvgIpc) is 2.90. The Bertz CT molecular complexity index is 1360. The monoisotopic (exact) mass is 461 g/mol. The maximum absolute atomic E-state index is 13.3. The maximum Gasteiger partial charge on any atom is 0.305 e. The van der Waals surface area contributed by atoms with Crippen molar-refractivity contribution in [3.8, 4) is 33.6 Å². The summed E-state index contributed by atoms with van der Waals surface area (Å²) < 4.78 is 1.87. The van der Waals surface area contributed by atoms with Crippen molar-refractivity contribution in [1.82, 2.24) is 0 Å². The fourth-order valence-corrected chi connectivity index (χ4v) is 4.05. The minimum atomic E-state index is -0.219. The van der Waals surface area contributed by atoms with Gasteiger partial charge in [-0.05, 0) is 59.7 Å². The fourth-order valence-electron chi connectivity index (χ4n) is 3.92. The number of hydrogen-bond donors (Lipinski definition) is 1. The summed E-state index contributed by atoms with van der Waals surface area (Å²) in [5, 5.41) is 0.589. The van der Waals surface area contributed by atoms with E-state index >= 15 is 0 Å². The number of nitrogens with one attached hydrogen (secondary N) is 1. The first-order chi connectivity index (χ1) is 16.7. The van der Waals surface area contributed by atoms with Crippen LogP contribution in [0.25, 0.3) is 33.6 Å². The summed E-state index contributed by atoms with van der Waals surface area (Å²) >= 11 is 6.03. The predicted octanol–water partition coefficient (Wildman–Crippen LogP) is 7.01. The third-order valence-corrected chi connectivity index (χ3v) is 5.88. The van der Waals surface area contributed by atoms with Crippen LogP contribution in [0.4, 0.5) is 0 Å². The molecule has 3 nitrogen and oxygen atoms in total. The second kappa shape index (κ2) is 9.74. The smallest absolute Gasteiger partial charge is 0.264 e. The lowest BCUT2D eigenvalue weighted by Gasteiger charge is -2.12. The molecule has 0 spiro atoms. The van der Waals surface area contributed by atoms with Crippen molar-refractivity contribution >= 4 is 17.5 Å². The van der Waals surface area contributed by atoms with Crippen molar-refractivity contribution < 1.29 is 9.47 Å². The van der Waals surface area contributed by atoms with Gasteiger partial charge in [-0.15, -0.1) is 5.43 Å². The normalized spacial score (nSPS) is 10.6. The van der Waals surface area contributed by atoms with Crippen LogP contribution < -0.4 is 10.1 Å². The molecule has 1 aromatic heterocycles. The number of benzene rings is 4. The van der Waals surface area contributed by atoms with Gasteiger partial charge in [0.2, 0.25) is 11.4 Å². The van der Waals surface area contributed by atoms with Crippen LogP contribution in [0, 0.1) is 0 Å². The van der Waals surface area contributed by atoms with Crippen molar-refractivity contribution in [3.05, 3.63) is 138 Å². The summed E-state index contributed by atoms with van der Waals surface area (Å²) in [6.07, 6.45) is 0. The molecule has 34 heavy (non-hydrogen) atoms. The molecule has 0 aliphatic heterocycles. The highest BCUT2D eigenvalue weighted by atomic mass is 35.5. The van der Waals surface area contributed by atoms with Crippen molar-refractivity contribution in [1.29, 1.82) is 0 Å². The van der Waals surface area contributed by atoms with Crippen LogP contribution in [0.15, 0.2) is 127 Å². The number of nitrogens with zero attached hydrogens (tertiary/aromatic N) is 1. The highest BCUT2D eigenvalue weighted by molar-refractivity contribution is 6.30. The summed E-state index contributed by atoms with van der Waals surface area (Å²) in [6.45, 7) is 0. The van der Waals surface area contributed by atoms with Crippen LogP contribution in [-0.2, 0) is 0 Å². The van der Waals surface area contributed by atoms with Gasteiger partial charge in [0.05, 0.1) is 0 Å². The largest absolute Gasteiger partial charge is 0.305 e. The molecular formula is C30H22ClN2O+. The van der Waals surface area contributed by atoms with E-state index in [1.807, 2.05) is 83.5 Å². The van der Waals surface area contributed by atoms with Gasteiger partial charge in [0.1, 0.15) is 0 Å². The second-order valence-electron chi connectivity index (χ2n) is 7.90. The molecule has 1 N–H and O–H groups in total. The van der Waals surface area contributed by atoms with E-state index in [2.05, 4.69) is 29.7 Å². The Morgan fingerprint density at radius 3 is 1.47 bits per heavy atom. The second-order valence-corrected chi connectivity index (χ2v) is 8.33. The van der Waals surface area contributed by atoms with Crippen molar-refractivity contribution in [2.45, 2.75) is 0 Å². The van der Waals surface area contributed by atoms with Crippen LogP contribution in [0.1, 0.15) is 10.4 Å². The first-order valence-corrected chi connectivity index (χ1v) is 11.4. The van der Waals surface area contributed by atoms with Gasteiger partial charge in [0.25, 0.3) is 0 Å². The van der Waals surface area contributed by atoms with Crippen LogP contribution in [0.5, 0.6) is 0 Å². The van der Waals surface area contributed by atoms with E-state index < -0.39 is 0 Å². The summed E-state index contributed by atoms with van der Waals surface area (Å²) in [4.78, 5) is 13.3. The summed E-state index contributed by atoms with van der Waals surface area (Å²) in [5.41, 5.74) is 9.57. The first-order valence-electron chi connectivity index (χ1n) is 11.0. The number of carbonyl (C=O) groups excluding carboxylic acids is 1. The zero-order chi connectivity index (χ0) is 23.3. The summed E-state index contributed by atoms with van der Waals surface area (Å²) in [5.74, 6) is -0.219. The standard InChI is InChI=1S/C30H21ClN2O/c31-27-18-16-25(17-19-27)30(34)32-33-28(23-12-6-2-7-13-23)20-26(22-10-4-1-5-11-22)21-29(33)24-14-8-3-9-15-24/h1-21H/p+1. The molecule has 0 aliphatic rings. The maximum atomic E-state index is 13.3.